The van der Waals surface area contributed by atoms with E-state index in [0.29, 0.717) is 23.0 Å². The fourth-order valence-corrected chi connectivity index (χ4v) is 5.20. The van der Waals surface area contributed by atoms with Crippen molar-refractivity contribution >= 4 is 45.9 Å². The average Bonchev–Trinajstić information content (AvgIpc) is 3.03. The second kappa shape index (κ2) is 9.89. The molecular formula is C20H23N3O4S2. The van der Waals surface area contributed by atoms with Crippen molar-refractivity contribution in [1.29, 1.82) is 0 Å². The molecule has 0 aromatic carbocycles. The minimum Gasteiger partial charge on any atom is -0.481 e. The Labute approximate surface area is 177 Å². The molecule has 0 saturated carbocycles. The number of hydrogen-bond donors (Lipinski definition) is 3. The molecule has 1 atom stereocenters. The maximum absolute atomic E-state index is 13.0. The number of carboxylic acid groups (broad SMARTS) is 1. The van der Waals surface area contributed by atoms with Gasteiger partial charge in [0.2, 0.25) is 5.91 Å². The molecule has 0 spiro atoms. The molecule has 0 unspecified atom stereocenters. The van der Waals surface area contributed by atoms with Crippen molar-refractivity contribution in [2.24, 2.45) is 5.92 Å². The summed E-state index contributed by atoms with van der Waals surface area (Å²) < 4.78 is 0. The van der Waals surface area contributed by atoms with E-state index in [4.69, 9.17) is 5.11 Å². The largest absolute Gasteiger partial charge is 0.481 e. The number of nitrogens with one attached hydrogen (secondary N) is 2. The number of amides is 2. The van der Waals surface area contributed by atoms with Gasteiger partial charge >= 0.3 is 5.97 Å². The smallest absolute Gasteiger partial charge is 0.313 e. The third-order valence-electron chi connectivity index (χ3n) is 4.63. The number of carbonyl (C=O) groups is 3. The summed E-state index contributed by atoms with van der Waals surface area (Å²) >= 11 is 2.48. The van der Waals surface area contributed by atoms with E-state index in [1.165, 1.54) is 11.3 Å². The van der Waals surface area contributed by atoms with Crippen LogP contribution in [0.5, 0.6) is 0 Å². The normalized spacial score (nSPS) is 15.4. The fraction of sp³-hybridized carbons (Fsp3) is 0.400. The van der Waals surface area contributed by atoms with Crippen LogP contribution in [0.25, 0.3) is 0 Å². The first kappa shape index (κ1) is 21.3. The van der Waals surface area contributed by atoms with Crippen LogP contribution in [0.15, 0.2) is 24.5 Å². The number of anilines is 1. The van der Waals surface area contributed by atoms with Crippen molar-refractivity contribution in [1.82, 2.24) is 10.3 Å². The number of hydrogen-bond acceptors (Lipinski definition) is 6. The van der Waals surface area contributed by atoms with Gasteiger partial charge in [-0.05, 0) is 42.4 Å². The van der Waals surface area contributed by atoms with Gasteiger partial charge in [-0.25, -0.2) is 0 Å². The summed E-state index contributed by atoms with van der Waals surface area (Å²) in [5.41, 5.74) is 2.46. The van der Waals surface area contributed by atoms with Crippen molar-refractivity contribution in [3.8, 4) is 0 Å². The molecule has 29 heavy (non-hydrogen) atoms. The first-order chi connectivity index (χ1) is 13.9. The summed E-state index contributed by atoms with van der Waals surface area (Å²) in [6.45, 7) is 2.54. The molecule has 9 heteroatoms. The number of carbonyl (C=O) groups excluding carboxylic acids is 2. The van der Waals surface area contributed by atoms with Gasteiger partial charge in [0.25, 0.3) is 5.91 Å². The first-order valence-electron chi connectivity index (χ1n) is 9.35. The lowest BCUT2D eigenvalue weighted by Crippen LogP contribution is -2.26. The molecule has 154 valence electrons. The Morgan fingerprint density at radius 1 is 1.34 bits per heavy atom. The van der Waals surface area contributed by atoms with Crippen LogP contribution in [0.2, 0.25) is 0 Å². The van der Waals surface area contributed by atoms with Crippen LogP contribution < -0.4 is 10.6 Å². The number of aliphatic carboxylic acids is 1. The Kier molecular flexibility index (Phi) is 7.27. The monoisotopic (exact) mass is 433 g/mol. The Morgan fingerprint density at radius 2 is 2.17 bits per heavy atom. The molecule has 0 bridgehead atoms. The lowest BCUT2D eigenvalue weighted by molar-refractivity contribution is -0.133. The lowest BCUT2D eigenvalue weighted by atomic mass is 9.88. The van der Waals surface area contributed by atoms with Gasteiger partial charge in [0.1, 0.15) is 5.00 Å². The maximum Gasteiger partial charge on any atom is 0.313 e. The van der Waals surface area contributed by atoms with Gasteiger partial charge in [0, 0.05) is 23.8 Å². The molecule has 7 nitrogen and oxygen atoms in total. The number of rotatable bonds is 8. The molecular weight excluding hydrogens is 410 g/mol. The SMILES string of the molecule is C[C@H]1CCc2c(sc(NC(=O)CSCC(=O)O)c2C(=O)NCc2cccnc2)C1. The predicted molar refractivity (Wildman–Crippen MR) is 115 cm³/mol. The van der Waals surface area contributed by atoms with Gasteiger partial charge in [-0.2, -0.15) is 0 Å². The van der Waals surface area contributed by atoms with E-state index in [1.807, 2.05) is 12.1 Å². The van der Waals surface area contributed by atoms with E-state index in [9.17, 15) is 14.4 Å². The molecule has 0 saturated heterocycles. The molecule has 0 fully saturated rings. The summed E-state index contributed by atoms with van der Waals surface area (Å²) in [7, 11) is 0. The zero-order valence-corrected chi connectivity index (χ0v) is 17.7. The Morgan fingerprint density at radius 3 is 2.90 bits per heavy atom. The molecule has 2 amide bonds. The van der Waals surface area contributed by atoms with Crippen LogP contribution in [0, 0.1) is 5.92 Å². The standard InChI is InChI=1S/C20H23N3O4S2/c1-12-4-5-14-15(7-12)29-20(23-16(24)10-28-11-17(25)26)18(14)19(27)22-9-13-3-2-6-21-8-13/h2-3,6,8,12H,4-5,7,9-11H2,1H3,(H,22,27)(H,23,24)(H,25,26)/t12-/m0/s1. The van der Waals surface area contributed by atoms with Crippen LogP contribution in [-0.2, 0) is 29.0 Å². The van der Waals surface area contributed by atoms with Crippen LogP contribution in [-0.4, -0.2) is 39.4 Å². The molecule has 1 aliphatic rings. The molecule has 3 N–H and O–H groups in total. The number of thiophene rings is 1. The van der Waals surface area contributed by atoms with Gasteiger partial charge < -0.3 is 15.7 Å². The highest BCUT2D eigenvalue weighted by molar-refractivity contribution is 8.00. The molecule has 0 aliphatic heterocycles. The molecule has 2 aromatic heterocycles. The number of nitrogens with zero attached hydrogens (tertiary/aromatic N) is 1. The van der Waals surface area contributed by atoms with Crippen LogP contribution in [0.4, 0.5) is 5.00 Å². The fourth-order valence-electron chi connectivity index (χ4n) is 3.25. The lowest BCUT2D eigenvalue weighted by Gasteiger charge is -2.18. The van der Waals surface area contributed by atoms with Crippen molar-refractivity contribution in [3.63, 3.8) is 0 Å². The number of carboxylic acids is 1. The maximum atomic E-state index is 13.0. The summed E-state index contributed by atoms with van der Waals surface area (Å²) in [4.78, 5) is 41.1. The van der Waals surface area contributed by atoms with Gasteiger partial charge in [-0.15, -0.1) is 23.1 Å². The van der Waals surface area contributed by atoms with Gasteiger partial charge in [-0.3, -0.25) is 19.4 Å². The highest BCUT2D eigenvalue weighted by atomic mass is 32.2. The van der Waals surface area contributed by atoms with Crippen LogP contribution >= 0.6 is 23.1 Å². The third-order valence-corrected chi connectivity index (χ3v) is 6.71. The van der Waals surface area contributed by atoms with E-state index >= 15 is 0 Å². The van der Waals surface area contributed by atoms with Crippen LogP contribution in [0.1, 0.15) is 39.7 Å². The highest BCUT2D eigenvalue weighted by Gasteiger charge is 2.28. The molecule has 1 aliphatic carbocycles. The van der Waals surface area contributed by atoms with E-state index in [2.05, 4.69) is 22.5 Å². The van der Waals surface area contributed by atoms with Gasteiger partial charge in [0.15, 0.2) is 0 Å². The predicted octanol–water partition coefficient (Wildman–Crippen LogP) is 2.95. The Balaban J connectivity index is 1.75. The second-order valence-electron chi connectivity index (χ2n) is 7.03. The van der Waals surface area contributed by atoms with E-state index in [1.54, 1.807) is 12.4 Å². The highest BCUT2D eigenvalue weighted by Crippen LogP contribution is 2.39. The van der Waals surface area contributed by atoms with E-state index < -0.39 is 5.97 Å². The van der Waals surface area contributed by atoms with Gasteiger partial charge in [0.05, 0.1) is 17.1 Å². The van der Waals surface area contributed by atoms with Crippen molar-refractivity contribution in [3.05, 3.63) is 46.1 Å². The minimum absolute atomic E-state index is 0.0298. The minimum atomic E-state index is -0.959. The first-order valence-corrected chi connectivity index (χ1v) is 11.3. The molecule has 0 radical (unpaired) electrons. The number of fused-ring (bicyclic) bond motifs is 1. The summed E-state index contributed by atoms with van der Waals surface area (Å²) in [6.07, 6.45) is 6.10. The van der Waals surface area contributed by atoms with Gasteiger partial charge in [-0.1, -0.05) is 13.0 Å². The Bertz CT molecular complexity index is 899. The van der Waals surface area contributed by atoms with E-state index in [0.717, 1.165) is 47.0 Å². The summed E-state index contributed by atoms with van der Waals surface area (Å²) in [6, 6.07) is 3.70. The zero-order chi connectivity index (χ0) is 20.8. The molecule has 2 aromatic rings. The third kappa shape index (κ3) is 5.80. The molecule has 3 rings (SSSR count). The average molecular weight is 434 g/mol. The van der Waals surface area contributed by atoms with Crippen molar-refractivity contribution in [2.75, 3.05) is 16.8 Å². The Hall–Kier alpha value is -2.39. The van der Waals surface area contributed by atoms with Crippen LogP contribution in [0.3, 0.4) is 0 Å². The number of aromatic nitrogens is 1. The zero-order valence-electron chi connectivity index (χ0n) is 16.1. The summed E-state index contributed by atoms with van der Waals surface area (Å²) in [5.74, 6) is -1.04. The number of thioether (sulfide) groups is 1. The topological polar surface area (TPSA) is 108 Å². The van der Waals surface area contributed by atoms with Crippen molar-refractivity contribution in [2.45, 2.75) is 32.7 Å². The summed E-state index contributed by atoms with van der Waals surface area (Å²) in [5, 5.41) is 15.0. The second-order valence-corrected chi connectivity index (χ2v) is 9.13. The van der Waals surface area contributed by atoms with Crippen molar-refractivity contribution < 1.29 is 19.5 Å². The molecule has 2 heterocycles. The quantitative estimate of drug-likeness (QED) is 0.591. The number of pyridine rings is 1. The van der Waals surface area contributed by atoms with E-state index in [-0.39, 0.29) is 23.3 Å².